The number of halogens is 1. The second kappa shape index (κ2) is 8.06. The highest BCUT2D eigenvalue weighted by Crippen LogP contribution is 2.11. The normalized spacial score (nSPS) is 12.9. The lowest BCUT2D eigenvalue weighted by atomic mass is 10.2. The third-order valence-corrected chi connectivity index (χ3v) is 4.24. The van der Waals surface area contributed by atoms with E-state index in [2.05, 4.69) is 10.0 Å². The molecule has 6 nitrogen and oxygen atoms in total. The minimum Gasteiger partial charge on any atom is -0.383 e. The van der Waals surface area contributed by atoms with Crippen LogP contribution in [0.3, 0.4) is 0 Å². The summed E-state index contributed by atoms with van der Waals surface area (Å²) < 4.78 is 44.1. The van der Waals surface area contributed by atoms with Crippen LogP contribution in [0.1, 0.15) is 13.3 Å². The van der Waals surface area contributed by atoms with Crippen molar-refractivity contribution in [2.24, 2.45) is 0 Å². The van der Waals surface area contributed by atoms with Gasteiger partial charge in [0.25, 0.3) is 0 Å². The van der Waals surface area contributed by atoms with Gasteiger partial charge in [0.05, 0.1) is 11.5 Å². The molecule has 1 amide bonds. The van der Waals surface area contributed by atoms with E-state index in [4.69, 9.17) is 4.74 Å². The molecule has 0 aliphatic carbocycles. The van der Waals surface area contributed by atoms with Crippen molar-refractivity contribution in [3.8, 4) is 0 Å². The van der Waals surface area contributed by atoms with E-state index in [-0.39, 0.29) is 4.90 Å². The van der Waals surface area contributed by atoms with Gasteiger partial charge in [-0.05, 0) is 30.7 Å². The number of hydrogen-bond acceptors (Lipinski definition) is 4. The number of hydrogen-bond donors (Lipinski definition) is 2. The number of benzene rings is 1. The molecule has 1 aromatic rings. The van der Waals surface area contributed by atoms with Gasteiger partial charge in [-0.15, -0.1) is 0 Å². The second-order valence-corrected chi connectivity index (χ2v) is 6.03. The molecule has 0 spiro atoms. The van der Waals surface area contributed by atoms with Crippen LogP contribution in [0.2, 0.25) is 0 Å². The number of sulfonamides is 1. The molecule has 118 valence electrons. The van der Waals surface area contributed by atoms with Gasteiger partial charge in [0.15, 0.2) is 0 Å². The van der Waals surface area contributed by atoms with E-state index in [1.165, 1.54) is 7.11 Å². The largest absolute Gasteiger partial charge is 0.383 e. The highest BCUT2D eigenvalue weighted by molar-refractivity contribution is 7.89. The molecule has 1 atom stereocenters. The maximum absolute atomic E-state index is 12.8. The highest BCUT2D eigenvalue weighted by atomic mass is 32.2. The fourth-order valence-corrected chi connectivity index (χ4v) is 2.87. The molecule has 21 heavy (non-hydrogen) atoms. The van der Waals surface area contributed by atoms with E-state index in [0.29, 0.717) is 19.6 Å². The molecule has 0 fully saturated rings. The molecule has 0 saturated heterocycles. The van der Waals surface area contributed by atoms with E-state index in [9.17, 15) is 17.6 Å². The molecule has 0 aliphatic rings. The van der Waals surface area contributed by atoms with Crippen LogP contribution in [0.15, 0.2) is 29.2 Å². The Kier molecular flexibility index (Phi) is 6.73. The molecule has 0 saturated carbocycles. The molecule has 0 bridgehead atoms. The topological polar surface area (TPSA) is 84.5 Å². The van der Waals surface area contributed by atoms with Crippen molar-refractivity contribution in [1.82, 2.24) is 10.0 Å². The molecule has 1 unspecified atom stereocenters. The Bertz CT molecular complexity index is 560. The Morgan fingerprint density at radius 3 is 2.48 bits per heavy atom. The molecule has 0 heterocycles. The minimum absolute atomic E-state index is 0.0907. The number of carbonyl (C=O) groups excluding carboxylic acids is 1. The van der Waals surface area contributed by atoms with Crippen molar-refractivity contribution in [3.05, 3.63) is 30.1 Å². The summed E-state index contributed by atoms with van der Waals surface area (Å²) in [7, 11) is -2.37. The highest BCUT2D eigenvalue weighted by Gasteiger charge is 2.24. The van der Waals surface area contributed by atoms with Crippen molar-refractivity contribution in [1.29, 1.82) is 0 Å². The monoisotopic (exact) mass is 318 g/mol. The molecule has 8 heteroatoms. The molecule has 2 N–H and O–H groups in total. The van der Waals surface area contributed by atoms with Gasteiger partial charge in [-0.3, -0.25) is 4.79 Å². The summed E-state index contributed by atoms with van der Waals surface area (Å²) in [4.78, 5) is 11.8. The zero-order valence-electron chi connectivity index (χ0n) is 11.9. The van der Waals surface area contributed by atoms with Gasteiger partial charge in [0.1, 0.15) is 11.9 Å². The molecule has 0 aromatic heterocycles. The fraction of sp³-hybridized carbons (Fsp3) is 0.462. The lowest BCUT2D eigenvalue weighted by Crippen LogP contribution is -2.46. The Hall–Kier alpha value is -1.51. The first-order valence-electron chi connectivity index (χ1n) is 6.45. The maximum Gasteiger partial charge on any atom is 0.241 e. The van der Waals surface area contributed by atoms with Crippen LogP contribution in [0, 0.1) is 5.82 Å². The van der Waals surface area contributed by atoms with Gasteiger partial charge in [0, 0.05) is 13.7 Å². The van der Waals surface area contributed by atoms with Gasteiger partial charge in [0.2, 0.25) is 15.9 Å². The summed E-state index contributed by atoms with van der Waals surface area (Å²) in [6.45, 7) is 2.32. The van der Waals surface area contributed by atoms with E-state index >= 15 is 0 Å². The first-order chi connectivity index (χ1) is 9.90. The van der Waals surface area contributed by atoms with E-state index in [0.717, 1.165) is 24.3 Å². The van der Waals surface area contributed by atoms with E-state index in [1.54, 1.807) is 6.92 Å². The Morgan fingerprint density at radius 1 is 1.33 bits per heavy atom. The van der Waals surface area contributed by atoms with Crippen molar-refractivity contribution >= 4 is 15.9 Å². The molecular weight excluding hydrogens is 299 g/mol. The SMILES string of the molecule is CCC(NS(=O)(=O)c1ccc(F)cc1)C(=O)NCCOC. The summed E-state index contributed by atoms with van der Waals surface area (Å²) in [6.07, 6.45) is 0.291. The first kappa shape index (κ1) is 17.5. The van der Waals surface area contributed by atoms with Gasteiger partial charge >= 0.3 is 0 Å². The average Bonchev–Trinajstić information content (AvgIpc) is 2.45. The van der Waals surface area contributed by atoms with Crippen LogP contribution in [0.4, 0.5) is 4.39 Å². The smallest absolute Gasteiger partial charge is 0.241 e. The number of rotatable bonds is 8. The quantitative estimate of drug-likeness (QED) is 0.689. The third kappa shape index (κ3) is 5.41. The predicted octanol–water partition coefficient (Wildman–Crippen LogP) is 0.645. The van der Waals surface area contributed by atoms with Gasteiger partial charge in [-0.2, -0.15) is 4.72 Å². The van der Waals surface area contributed by atoms with Gasteiger partial charge in [-0.1, -0.05) is 6.92 Å². The molecule has 1 rings (SSSR count). The van der Waals surface area contributed by atoms with E-state index < -0.39 is 27.8 Å². The second-order valence-electron chi connectivity index (χ2n) is 4.32. The first-order valence-corrected chi connectivity index (χ1v) is 7.93. The van der Waals surface area contributed by atoms with Gasteiger partial charge < -0.3 is 10.1 Å². The summed E-state index contributed by atoms with van der Waals surface area (Å²) >= 11 is 0. The fourth-order valence-electron chi connectivity index (χ4n) is 1.59. The zero-order valence-corrected chi connectivity index (χ0v) is 12.7. The van der Waals surface area contributed by atoms with Crippen LogP contribution in [0.5, 0.6) is 0 Å². The summed E-state index contributed by atoms with van der Waals surface area (Å²) in [5.74, 6) is -0.960. The number of nitrogens with one attached hydrogen (secondary N) is 2. The van der Waals surface area contributed by atoms with E-state index in [1.807, 2.05) is 0 Å². The van der Waals surface area contributed by atoms with Crippen LogP contribution in [-0.2, 0) is 19.6 Å². The van der Waals surface area contributed by atoms with Crippen LogP contribution >= 0.6 is 0 Å². The number of methoxy groups -OCH3 is 1. The number of ether oxygens (including phenoxy) is 1. The number of amides is 1. The van der Waals surface area contributed by atoms with Gasteiger partial charge in [-0.25, -0.2) is 12.8 Å². The maximum atomic E-state index is 12.8. The molecule has 0 radical (unpaired) electrons. The number of carbonyl (C=O) groups is 1. The molecule has 0 aliphatic heterocycles. The summed E-state index contributed by atoms with van der Waals surface area (Å²) in [6, 6.07) is 3.50. The Labute approximate surface area is 123 Å². The molecular formula is C13H19FN2O4S. The van der Waals surface area contributed by atoms with Crippen molar-refractivity contribution in [2.75, 3.05) is 20.3 Å². The summed E-state index contributed by atoms with van der Waals surface area (Å²) in [5.41, 5.74) is 0. The van der Waals surface area contributed by atoms with Crippen LogP contribution in [0.25, 0.3) is 0 Å². The standard InChI is InChI=1S/C13H19FN2O4S/c1-3-12(13(17)15-8-9-20-2)16-21(18,19)11-6-4-10(14)5-7-11/h4-7,12,16H,3,8-9H2,1-2H3,(H,15,17). The minimum atomic E-state index is -3.87. The molecule has 1 aromatic carbocycles. The third-order valence-electron chi connectivity index (χ3n) is 2.75. The lowest BCUT2D eigenvalue weighted by molar-refractivity contribution is -0.122. The van der Waals surface area contributed by atoms with Crippen LogP contribution in [-0.4, -0.2) is 40.6 Å². The predicted molar refractivity (Wildman–Crippen MR) is 75.7 cm³/mol. The Balaban J connectivity index is 2.75. The lowest BCUT2D eigenvalue weighted by Gasteiger charge is -2.16. The van der Waals surface area contributed by atoms with Crippen LogP contribution < -0.4 is 10.0 Å². The zero-order chi connectivity index (χ0) is 15.9. The average molecular weight is 318 g/mol. The summed E-state index contributed by atoms with van der Waals surface area (Å²) in [5, 5.41) is 2.57. The Morgan fingerprint density at radius 2 is 1.95 bits per heavy atom. The van der Waals surface area contributed by atoms with Crippen molar-refractivity contribution < 1.29 is 22.3 Å². The van der Waals surface area contributed by atoms with Crippen molar-refractivity contribution in [2.45, 2.75) is 24.3 Å². The van der Waals surface area contributed by atoms with Crippen molar-refractivity contribution in [3.63, 3.8) is 0 Å².